The molecule has 0 aromatic rings. The van der Waals surface area contributed by atoms with Crippen LogP contribution in [0.4, 0.5) is 0 Å². The summed E-state index contributed by atoms with van der Waals surface area (Å²) in [7, 11) is 1.93. The summed E-state index contributed by atoms with van der Waals surface area (Å²) in [4.78, 5) is 0. The molecule has 0 atom stereocenters. The highest BCUT2D eigenvalue weighted by atomic mass is 16.3. The number of nitrogens with one attached hydrogen (secondary N) is 1. The first-order valence-corrected chi connectivity index (χ1v) is 3.92. The van der Waals surface area contributed by atoms with Gasteiger partial charge in [0.1, 0.15) is 0 Å². The Balaban J connectivity index is 0. The van der Waals surface area contributed by atoms with Crippen LogP contribution in [-0.4, -0.2) is 18.7 Å². The van der Waals surface area contributed by atoms with Crippen LogP contribution in [0.15, 0.2) is 37.1 Å². The summed E-state index contributed by atoms with van der Waals surface area (Å²) in [5, 5.41) is 11.3. The Morgan fingerprint density at radius 3 is 2.17 bits per heavy atom. The van der Waals surface area contributed by atoms with Crippen molar-refractivity contribution >= 4 is 0 Å². The minimum atomic E-state index is 0.296. The van der Waals surface area contributed by atoms with Crippen LogP contribution in [0.3, 0.4) is 0 Å². The van der Waals surface area contributed by atoms with E-state index in [9.17, 15) is 0 Å². The standard InChI is InChI=1S/C5H11N.C5H8O/c1-3-4-5-6-2;1-3-4-5(2)6/h3,6H,1,4-5H2,2H3;3-4,6H,1H2,2H3/b;5-4+. The van der Waals surface area contributed by atoms with E-state index in [1.165, 1.54) is 12.2 Å². The second-order valence-corrected chi connectivity index (χ2v) is 2.22. The normalized spacial score (nSPS) is 9.67. The molecule has 70 valence electrons. The highest BCUT2D eigenvalue weighted by Gasteiger charge is 1.68. The zero-order chi connectivity index (χ0) is 9.82. The SMILES string of the molecule is C=C/C=C(\C)O.C=CCCNC. The van der Waals surface area contributed by atoms with Gasteiger partial charge >= 0.3 is 0 Å². The molecular weight excluding hydrogens is 150 g/mol. The molecule has 0 bridgehead atoms. The molecule has 0 heterocycles. The van der Waals surface area contributed by atoms with E-state index in [-0.39, 0.29) is 0 Å². The van der Waals surface area contributed by atoms with Gasteiger partial charge in [-0.2, -0.15) is 0 Å². The Kier molecular flexibility index (Phi) is 14.3. The molecule has 12 heavy (non-hydrogen) atoms. The molecule has 0 aromatic carbocycles. The van der Waals surface area contributed by atoms with Crippen molar-refractivity contribution in [3.63, 3.8) is 0 Å². The summed E-state index contributed by atoms with van der Waals surface area (Å²) in [6.07, 6.45) is 6.03. The molecule has 0 aliphatic rings. The molecule has 0 aliphatic heterocycles. The van der Waals surface area contributed by atoms with Gasteiger partial charge in [0, 0.05) is 0 Å². The third-order valence-electron chi connectivity index (χ3n) is 0.958. The fourth-order valence-electron chi connectivity index (χ4n) is 0.417. The molecule has 0 amide bonds. The van der Waals surface area contributed by atoms with Crippen LogP contribution in [0.25, 0.3) is 0 Å². The zero-order valence-electron chi connectivity index (χ0n) is 8.01. The summed E-state index contributed by atoms with van der Waals surface area (Å²) in [5.41, 5.74) is 0. The summed E-state index contributed by atoms with van der Waals surface area (Å²) in [6.45, 7) is 9.57. The summed E-state index contributed by atoms with van der Waals surface area (Å²) in [5.74, 6) is 0.296. The largest absolute Gasteiger partial charge is 0.513 e. The van der Waals surface area contributed by atoms with Crippen molar-refractivity contribution < 1.29 is 5.11 Å². The smallest absolute Gasteiger partial charge is 0.0891 e. The minimum Gasteiger partial charge on any atom is -0.513 e. The molecule has 2 N–H and O–H groups in total. The van der Waals surface area contributed by atoms with Gasteiger partial charge in [-0.25, -0.2) is 0 Å². The summed E-state index contributed by atoms with van der Waals surface area (Å²) >= 11 is 0. The van der Waals surface area contributed by atoms with Gasteiger partial charge < -0.3 is 10.4 Å². The number of allylic oxidation sites excluding steroid dienone is 3. The number of hydrogen-bond acceptors (Lipinski definition) is 2. The molecule has 0 saturated heterocycles. The second kappa shape index (κ2) is 12.6. The van der Waals surface area contributed by atoms with E-state index in [4.69, 9.17) is 5.11 Å². The second-order valence-electron chi connectivity index (χ2n) is 2.22. The molecule has 0 radical (unpaired) electrons. The maximum atomic E-state index is 8.34. The topological polar surface area (TPSA) is 32.3 Å². The average molecular weight is 169 g/mol. The van der Waals surface area contributed by atoms with Crippen molar-refractivity contribution in [2.24, 2.45) is 0 Å². The first-order valence-electron chi connectivity index (χ1n) is 3.92. The monoisotopic (exact) mass is 169 g/mol. The Hall–Kier alpha value is -1.02. The van der Waals surface area contributed by atoms with Gasteiger partial charge in [-0.15, -0.1) is 6.58 Å². The highest BCUT2D eigenvalue weighted by molar-refractivity contribution is 4.99. The number of aliphatic hydroxyl groups excluding tert-OH is 1. The zero-order valence-corrected chi connectivity index (χ0v) is 8.01. The third-order valence-corrected chi connectivity index (χ3v) is 0.958. The lowest BCUT2D eigenvalue weighted by molar-refractivity contribution is 0.414. The molecule has 0 spiro atoms. The van der Waals surface area contributed by atoms with Gasteiger partial charge in [0.25, 0.3) is 0 Å². The van der Waals surface area contributed by atoms with Crippen molar-refractivity contribution in [2.75, 3.05) is 13.6 Å². The van der Waals surface area contributed by atoms with Gasteiger partial charge in [0.15, 0.2) is 0 Å². The van der Waals surface area contributed by atoms with Crippen LogP contribution in [0.1, 0.15) is 13.3 Å². The van der Waals surface area contributed by atoms with Gasteiger partial charge in [0.05, 0.1) is 5.76 Å². The van der Waals surface area contributed by atoms with Gasteiger partial charge in [-0.3, -0.25) is 0 Å². The Morgan fingerprint density at radius 2 is 2.08 bits per heavy atom. The van der Waals surface area contributed by atoms with E-state index >= 15 is 0 Å². The van der Waals surface area contributed by atoms with Crippen LogP contribution in [0.2, 0.25) is 0 Å². The lowest BCUT2D eigenvalue weighted by Gasteiger charge is -1.86. The first kappa shape index (κ1) is 13.6. The third kappa shape index (κ3) is 23.1. The maximum absolute atomic E-state index is 8.34. The van der Waals surface area contributed by atoms with Gasteiger partial charge in [-0.05, 0) is 33.0 Å². The Bertz CT molecular complexity index is 135. The van der Waals surface area contributed by atoms with E-state index in [1.54, 1.807) is 6.92 Å². The fraction of sp³-hybridized carbons (Fsp3) is 0.400. The molecule has 0 aliphatic carbocycles. The van der Waals surface area contributed by atoms with E-state index < -0.39 is 0 Å². The molecular formula is C10H19NO. The lowest BCUT2D eigenvalue weighted by Crippen LogP contribution is -2.05. The molecule has 0 unspecified atom stereocenters. The molecule has 0 saturated carbocycles. The fourth-order valence-corrected chi connectivity index (χ4v) is 0.417. The van der Waals surface area contributed by atoms with Crippen LogP contribution < -0.4 is 5.32 Å². The predicted octanol–water partition coefficient (Wildman–Crippen LogP) is 2.42. The van der Waals surface area contributed by atoms with E-state index in [2.05, 4.69) is 18.5 Å². The van der Waals surface area contributed by atoms with Crippen molar-refractivity contribution in [3.05, 3.63) is 37.1 Å². The van der Waals surface area contributed by atoms with Crippen LogP contribution in [0, 0.1) is 0 Å². The highest BCUT2D eigenvalue weighted by Crippen LogP contribution is 1.80. The van der Waals surface area contributed by atoms with E-state index in [1.807, 2.05) is 13.1 Å². The van der Waals surface area contributed by atoms with Gasteiger partial charge in [-0.1, -0.05) is 18.7 Å². The maximum Gasteiger partial charge on any atom is 0.0891 e. The first-order chi connectivity index (χ1) is 5.68. The summed E-state index contributed by atoms with van der Waals surface area (Å²) in [6, 6.07) is 0. The quantitative estimate of drug-likeness (QED) is 0.293. The number of hydrogen-bond donors (Lipinski definition) is 2. The van der Waals surface area contributed by atoms with Gasteiger partial charge in [0.2, 0.25) is 0 Å². The molecule has 2 heteroatoms. The van der Waals surface area contributed by atoms with E-state index in [0.29, 0.717) is 5.76 Å². The minimum absolute atomic E-state index is 0.296. The van der Waals surface area contributed by atoms with Crippen molar-refractivity contribution in [1.29, 1.82) is 0 Å². The summed E-state index contributed by atoms with van der Waals surface area (Å²) < 4.78 is 0. The Morgan fingerprint density at radius 1 is 1.50 bits per heavy atom. The molecule has 2 nitrogen and oxygen atoms in total. The van der Waals surface area contributed by atoms with Crippen molar-refractivity contribution in [1.82, 2.24) is 5.32 Å². The predicted molar refractivity (Wildman–Crippen MR) is 55.3 cm³/mol. The number of aliphatic hydroxyl groups is 1. The molecule has 0 rings (SSSR count). The van der Waals surface area contributed by atoms with Crippen molar-refractivity contribution in [3.8, 4) is 0 Å². The number of rotatable bonds is 4. The van der Waals surface area contributed by atoms with Crippen LogP contribution in [0.5, 0.6) is 0 Å². The van der Waals surface area contributed by atoms with Crippen molar-refractivity contribution in [2.45, 2.75) is 13.3 Å². The lowest BCUT2D eigenvalue weighted by atomic mass is 10.4. The Labute approximate surface area is 75.3 Å². The molecule has 0 fully saturated rings. The molecule has 0 aromatic heterocycles. The average Bonchev–Trinajstić information content (AvgIpc) is 2.02. The van der Waals surface area contributed by atoms with Crippen LogP contribution in [-0.2, 0) is 0 Å². The van der Waals surface area contributed by atoms with Crippen LogP contribution >= 0.6 is 0 Å². The van der Waals surface area contributed by atoms with E-state index in [0.717, 1.165) is 13.0 Å².